The minimum atomic E-state index is -0.992. The molecule has 0 radical (unpaired) electrons. The Balaban J connectivity index is 3.73. The Morgan fingerprint density at radius 3 is 2.13 bits per heavy atom. The van der Waals surface area contributed by atoms with E-state index in [2.05, 4.69) is 9.68 Å². The summed E-state index contributed by atoms with van der Waals surface area (Å²) >= 11 is 0. The van der Waals surface area contributed by atoms with Crippen molar-refractivity contribution in [1.29, 1.82) is 0 Å². The molecule has 0 aromatic heterocycles. The van der Waals surface area contributed by atoms with Gasteiger partial charge in [0.2, 0.25) is 0 Å². The topological polar surface area (TPSA) is 135 Å². The van der Waals surface area contributed by atoms with Gasteiger partial charge < -0.3 is 9.84 Å². The van der Waals surface area contributed by atoms with Crippen LogP contribution in [0, 0.1) is 0 Å². The number of ether oxygens (including phenoxy) is 1. The van der Waals surface area contributed by atoms with Gasteiger partial charge in [-0.2, -0.15) is 0 Å². The molecular weight excluding hydrogens is 216 g/mol. The molecule has 0 saturated heterocycles. The standard InChI is InChI=1S/C5H14N2O8/c8-1-2-13-3-5(15-7(11)12)4-14-6(9)10/h5,8-12H,1-4H2/t5-/m1/s1. The van der Waals surface area contributed by atoms with Crippen molar-refractivity contribution in [2.45, 2.75) is 6.10 Å². The van der Waals surface area contributed by atoms with Gasteiger partial charge in [-0.15, -0.1) is 0 Å². The summed E-state index contributed by atoms with van der Waals surface area (Å²) in [6.07, 6.45) is -0.992. The molecule has 10 heteroatoms. The summed E-state index contributed by atoms with van der Waals surface area (Å²) in [4.78, 5) is 8.47. The first-order valence-corrected chi connectivity index (χ1v) is 3.90. The molecule has 0 unspecified atom stereocenters. The monoisotopic (exact) mass is 230 g/mol. The minimum absolute atomic E-state index is 0.0265. The molecule has 1 atom stereocenters. The van der Waals surface area contributed by atoms with Crippen LogP contribution in [0.5, 0.6) is 0 Å². The normalized spacial score (nSPS) is 13.8. The quantitative estimate of drug-likeness (QED) is 0.232. The third-order valence-corrected chi connectivity index (χ3v) is 1.16. The summed E-state index contributed by atoms with van der Waals surface area (Å²) in [6, 6.07) is 0. The van der Waals surface area contributed by atoms with Gasteiger partial charge in [0.25, 0.3) is 0 Å². The molecule has 0 bridgehead atoms. The molecule has 92 valence electrons. The van der Waals surface area contributed by atoms with E-state index in [1.807, 2.05) is 0 Å². The van der Waals surface area contributed by atoms with Crippen LogP contribution in [-0.4, -0.2) is 69.2 Å². The van der Waals surface area contributed by atoms with Gasteiger partial charge in [-0.25, -0.2) is 9.68 Å². The highest BCUT2D eigenvalue weighted by Gasteiger charge is 2.15. The second kappa shape index (κ2) is 8.87. The summed E-state index contributed by atoms with van der Waals surface area (Å²) in [5.41, 5.74) is 0. The molecule has 5 N–H and O–H groups in total. The average molecular weight is 230 g/mol. The Morgan fingerprint density at radius 2 is 1.67 bits per heavy atom. The predicted molar refractivity (Wildman–Crippen MR) is 39.6 cm³/mol. The van der Waals surface area contributed by atoms with Gasteiger partial charge >= 0.3 is 0 Å². The number of aliphatic hydroxyl groups is 1. The van der Waals surface area contributed by atoms with Crippen LogP contribution in [0.4, 0.5) is 0 Å². The van der Waals surface area contributed by atoms with E-state index in [1.165, 1.54) is 0 Å². The third kappa shape index (κ3) is 9.89. The summed E-state index contributed by atoms with van der Waals surface area (Å²) in [5.74, 6) is 0. The fourth-order valence-electron chi connectivity index (χ4n) is 0.671. The molecule has 0 aromatic carbocycles. The Kier molecular flexibility index (Phi) is 8.64. The van der Waals surface area contributed by atoms with Gasteiger partial charge in [-0.1, -0.05) is 0 Å². The Hall–Kier alpha value is -0.400. The van der Waals surface area contributed by atoms with Gasteiger partial charge in [0.1, 0.15) is 12.7 Å². The predicted octanol–water partition coefficient (Wildman–Crippen LogP) is -1.61. The van der Waals surface area contributed by atoms with Crippen molar-refractivity contribution in [3.8, 4) is 0 Å². The zero-order valence-electron chi connectivity index (χ0n) is 7.76. The zero-order chi connectivity index (χ0) is 11.7. The summed E-state index contributed by atoms with van der Waals surface area (Å²) in [6.45, 7) is -0.734. The summed E-state index contributed by atoms with van der Waals surface area (Å²) < 4.78 is 4.79. The largest absolute Gasteiger partial charge is 0.394 e. The Morgan fingerprint density at radius 1 is 1.00 bits per heavy atom. The van der Waals surface area contributed by atoms with E-state index in [1.54, 1.807) is 0 Å². The van der Waals surface area contributed by atoms with E-state index in [4.69, 9.17) is 30.7 Å². The van der Waals surface area contributed by atoms with Crippen LogP contribution in [-0.2, 0) is 14.4 Å². The van der Waals surface area contributed by atoms with Gasteiger partial charge in [-0.3, -0.25) is 20.8 Å². The van der Waals surface area contributed by atoms with Crippen LogP contribution in [0.25, 0.3) is 0 Å². The number of aliphatic hydroxyl groups excluding tert-OH is 1. The second-order valence-corrected chi connectivity index (χ2v) is 2.33. The number of hydrogen-bond donors (Lipinski definition) is 5. The highest BCUT2D eigenvalue weighted by atomic mass is 17.1. The van der Waals surface area contributed by atoms with Crippen LogP contribution < -0.4 is 0 Å². The maximum absolute atomic E-state index is 8.38. The first kappa shape index (κ1) is 14.6. The average Bonchev–Trinajstić information content (AvgIpc) is 2.13. The molecule has 0 saturated carbocycles. The maximum Gasteiger partial charge on any atom is 0.133 e. The highest BCUT2D eigenvalue weighted by Crippen LogP contribution is 1.97. The Bertz CT molecular complexity index is 145. The lowest BCUT2D eigenvalue weighted by atomic mass is 10.4. The second-order valence-electron chi connectivity index (χ2n) is 2.33. The first-order chi connectivity index (χ1) is 7.06. The van der Waals surface area contributed by atoms with Crippen molar-refractivity contribution >= 4 is 0 Å². The maximum atomic E-state index is 8.38. The van der Waals surface area contributed by atoms with Crippen molar-refractivity contribution in [2.24, 2.45) is 0 Å². The molecule has 0 aliphatic heterocycles. The van der Waals surface area contributed by atoms with E-state index in [0.29, 0.717) is 0 Å². The SMILES string of the molecule is OCCOC[C@H](CON(O)O)ON(O)O. The van der Waals surface area contributed by atoms with Crippen LogP contribution in [0.2, 0.25) is 0 Å². The van der Waals surface area contributed by atoms with E-state index in [9.17, 15) is 0 Å². The number of rotatable bonds is 9. The molecule has 0 spiro atoms. The lowest BCUT2D eigenvalue weighted by Gasteiger charge is -2.18. The van der Waals surface area contributed by atoms with Crippen LogP contribution in [0.15, 0.2) is 0 Å². The molecule has 0 aliphatic carbocycles. The molecule has 0 rings (SSSR count). The highest BCUT2D eigenvalue weighted by molar-refractivity contribution is 4.51. The van der Waals surface area contributed by atoms with Gasteiger partial charge in [0.15, 0.2) is 0 Å². The van der Waals surface area contributed by atoms with E-state index >= 15 is 0 Å². The van der Waals surface area contributed by atoms with Crippen LogP contribution >= 0.6 is 0 Å². The van der Waals surface area contributed by atoms with Crippen molar-refractivity contribution in [1.82, 2.24) is 10.8 Å². The lowest BCUT2D eigenvalue weighted by molar-refractivity contribution is -0.528. The number of nitrogens with zero attached hydrogens (tertiary/aromatic N) is 2. The molecule has 0 amide bonds. The van der Waals surface area contributed by atoms with E-state index in [0.717, 1.165) is 0 Å². The molecular formula is C5H14N2O8. The smallest absolute Gasteiger partial charge is 0.133 e. The van der Waals surface area contributed by atoms with Crippen LogP contribution in [0.1, 0.15) is 0 Å². The molecule has 15 heavy (non-hydrogen) atoms. The zero-order valence-corrected chi connectivity index (χ0v) is 7.76. The van der Waals surface area contributed by atoms with Crippen molar-refractivity contribution in [3.63, 3.8) is 0 Å². The van der Waals surface area contributed by atoms with Crippen molar-refractivity contribution in [2.75, 3.05) is 26.4 Å². The molecule has 0 fully saturated rings. The van der Waals surface area contributed by atoms with E-state index < -0.39 is 23.5 Å². The summed E-state index contributed by atoms with van der Waals surface area (Å²) in [5, 5.41) is 40.3. The van der Waals surface area contributed by atoms with Gasteiger partial charge in [0, 0.05) is 0 Å². The first-order valence-electron chi connectivity index (χ1n) is 3.90. The third-order valence-electron chi connectivity index (χ3n) is 1.16. The van der Waals surface area contributed by atoms with Crippen LogP contribution in [0.3, 0.4) is 0 Å². The van der Waals surface area contributed by atoms with Gasteiger partial charge in [-0.05, 0) is 0 Å². The molecule has 10 nitrogen and oxygen atoms in total. The van der Waals surface area contributed by atoms with Crippen molar-refractivity contribution < 1.29 is 40.3 Å². The molecule has 0 aliphatic rings. The Labute approximate surface area is 84.8 Å². The van der Waals surface area contributed by atoms with Crippen molar-refractivity contribution in [3.05, 3.63) is 0 Å². The van der Waals surface area contributed by atoms with E-state index in [-0.39, 0.29) is 19.8 Å². The minimum Gasteiger partial charge on any atom is -0.394 e. The lowest BCUT2D eigenvalue weighted by Crippen LogP contribution is -2.34. The fourth-order valence-corrected chi connectivity index (χ4v) is 0.671. The summed E-state index contributed by atoms with van der Waals surface area (Å²) in [7, 11) is 0. The molecule has 0 aromatic rings. The van der Waals surface area contributed by atoms with Gasteiger partial charge in [0.05, 0.1) is 30.6 Å². The fraction of sp³-hybridized carbons (Fsp3) is 1.00. The molecule has 0 heterocycles. The number of hydrogen-bond acceptors (Lipinski definition) is 10.